The van der Waals surface area contributed by atoms with Gasteiger partial charge in [-0.05, 0) is 45.0 Å². The molecule has 2 aromatic carbocycles. The molecule has 0 aromatic heterocycles. The standard InChI is InChI=1S/C19H20F2O3/c1-4-22-14-8-12-10-19(2,3)24-17(12)13(9-14)11-23-18-15(20)6-5-7-16(18)21/h5-9H,4,10-11H2,1-3H3. The van der Waals surface area contributed by atoms with Crippen LogP contribution in [0.15, 0.2) is 30.3 Å². The Morgan fingerprint density at radius 2 is 1.83 bits per heavy atom. The van der Waals surface area contributed by atoms with Crippen molar-refractivity contribution in [3.63, 3.8) is 0 Å². The molecule has 0 saturated heterocycles. The van der Waals surface area contributed by atoms with Gasteiger partial charge in [-0.3, -0.25) is 0 Å². The first kappa shape index (κ1) is 16.6. The SMILES string of the molecule is CCOc1cc(COc2c(F)cccc2F)c2c(c1)CC(C)(C)O2. The van der Waals surface area contributed by atoms with Crippen LogP contribution in [0.2, 0.25) is 0 Å². The molecular formula is C19H20F2O3. The molecule has 0 atom stereocenters. The zero-order valence-electron chi connectivity index (χ0n) is 14.0. The van der Waals surface area contributed by atoms with E-state index in [2.05, 4.69) is 0 Å². The lowest BCUT2D eigenvalue weighted by Crippen LogP contribution is -2.25. The van der Waals surface area contributed by atoms with E-state index >= 15 is 0 Å². The molecule has 0 aliphatic carbocycles. The maximum absolute atomic E-state index is 13.7. The Kier molecular flexibility index (Phi) is 4.35. The van der Waals surface area contributed by atoms with Crippen LogP contribution in [0.25, 0.3) is 0 Å². The predicted octanol–water partition coefficient (Wildman–Crippen LogP) is 4.66. The highest BCUT2D eigenvalue weighted by Crippen LogP contribution is 2.41. The summed E-state index contributed by atoms with van der Waals surface area (Å²) in [5, 5.41) is 0. The molecule has 1 heterocycles. The monoisotopic (exact) mass is 334 g/mol. The van der Waals surface area contributed by atoms with E-state index in [1.54, 1.807) is 6.07 Å². The molecule has 3 rings (SSSR count). The van der Waals surface area contributed by atoms with E-state index in [0.29, 0.717) is 23.7 Å². The van der Waals surface area contributed by atoms with E-state index in [1.807, 2.05) is 26.8 Å². The highest BCUT2D eigenvalue weighted by atomic mass is 19.1. The number of rotatable bonds is 5. The van der Waals surface area contributed by atoms with E-state index < -0.39 is 11.6 Å². The topological polar surface area (TPSA) is 27.7 Å². The molecule has 2 aromatic rings. The quantitative estimate of drug-likeness (QED) is 0.796. The molecule has 0 unspecified atom stereocenters. The lowest BCUT2D eigenvalue weighted by atomic mass is 10.0. The third kappa shape index (κ3) is 3.30. The van der Waals surface area contributed by atoms with Gasteiger partial charge in [0.25, 0.3) is 0 Å². The third-order valence-electron chi connectivity index (χ3n) is 3.81. The lowest BCUT2D eigenvalue weighted by molar-refractivity contribution is 0.135. The molecule has 0 bridgehead atoms. The fraction of sp³-hybridized carbons (Fsp3) is 0.368. The van der Waals surface area contributed by atoms with Crippen LogP contribution in [-0.2, 0) is 13.0 Å². The zero-order chi connectivity index (χ0) is 17.3. The van der Waals surface area contributed by atoms with Gasteiger partial charge in [0.05, 0.1) is 6.61 Å². The first-order valence-corrected chi connectivity index (χ1v) is 7.94. The van der Waals surface area contributed by atoms with Gasteiger partial charge in [-0.25, -0.2) is 8.78 Å². The second-order valence-electron chi connectivity index (χ2n) is 6.38. The Labute approximate surface area is 140 Å². The minimum atomic E-state index is -0.728. The summed E-state index contributed by atoms with van der Waals surface area (Å²) in [5.41, 5.74) is 1.40. The Balaban J connectivity index is 1.90. The van der Waals surface area contributed by atoms with Crippen molar-refractivity contribution in [2.45, 2.75) is 39.4 Å². The van der Waals surface area contributed by atoms with Gasteiger partial charge in [0.2, 0.25) is 0 Å². The van der Waals surface area contributed by atoms with Crippen LogP contribution in [0.1, 0.15) is 31.9 Å². The van der Waals surface area contributed by atoms with Crippen LogP contribution in [0.4, 0.5) is 8.78 Å². The number of ether oxygens (including phenoxy) is 3. The van der Waals surface area contributed by atoms with Gasteiger partial charge in [0.15, 0.2) is 17.4 Å². The zero-order valence-corrected chi connectivity index (χ0v) is 14.0. The van der Waals surface area contributed by atoms with Gasteiger partial charge in [-0.2, -0.15) is 0 Å². The van der Waals surface area contributed by atoms with Gasteiger partial charge in [0, 0.05) is 17.5 Å². The van der Waals surface area contributed by atoms with Crippen LogP contribution < -0.4 is 14.2 Å². The van der Waals surface area contributed by atoms with Gasteiger partial charge < -0.3 is 14.2 Å². The van der Waals surface area contributed by atoms with Crippen molar-refractivity contribution < 1.29 is 23.0 Å². The molecule has 1 aliphatic rings. The first-order chi connectivity index (χ1) is 11.4. The average molecular weight is 334 g/mol. The summed E-state index contributed by atoms with van der Waals surface area (Å²) in [4.78, 5) is 0. The van der Waals surface area contributed by atoms with Gasteiger partial charge in [0.1, 0.15) is 23.7 Å². The van der Waals surface area contributed by atoms with Crippen molar-refractivity contribution in [2.24, 2.45) is 0 Å². The van der Waals surface area contributed by atoms with E-state index in [1.165, 1.54) is 18.2 Å². The molecule has 128 valence electrons. The molecule has 5 heteroatoms. The normalized spacial score (nSPS) is 14.9. The lowest BCUT2D eigenvalue weighted by Gasteiger charge is -2.18. The summed E-state index contributed by atoms with van der Waals surface area (Å²) in [6, 6.07) is 7.37. The summed E-state index contributed by atoms with van der Waals surface area (Å²) < 4.78 is 44.4. The Morgan fingerprint density at radius 1 is 1.12 bits per heavy atom. The summed E-state index contributed by atoms with van der Waals surface area (Å²) in [5.74, 6) is -0.432. The van der Waals surface area contributed by atoms with E-state index in [-0.39, 0.29) is 18.0 Å². The number of para-hydroxylation sites is 1. The van der Waals surface area contributed by atoms with E-state index in [0.717, 1.165) is 12.0 Å². The van der Waals surface area contributed by atoms with Crippen LogP contribution in [0, 0.1) is 11.6 Å². The smallest absolute Gasteiger partial charge is 0.191 e. The van der Waals surface area contributed by atoms with Crippen molar-refractivity contribution in [3.8, 4) is 17.2 Å². The third-order valence-corrected chi connectivity index (χ3v) is 3.81. The van der Waals surface area contributed by atoms with Crippen LogP contribution >= 0.6 is 0 Å². The maximum Gasteiger partial charge on any atom is 0.191 e. The average Bonchev–Trinajstić information content (AvgIpc) is 2.81. The van der Waals surface area contributed by atoms with Crippen molar-refractivity contribution in [2.75, 3.05) is 6.61 Å². The fourth-order valence-corrected chi connectivity index (χ4v) is 2.88. The number of fused-ring (bicyclic) bond motifs is 1. The van der Waals surface area contributed by atoms with Crippen molar-refractivity contribution in [1.82, 2.24) is 0 Å². The second-order valence-corrected chi connectivity index (χ2v) is 6.38. The molecule has 0 saturated carbocycles. The molecule has 24 heavy (non-hydrogen) atoms. The van der Waals surface area contributed by atoms with Crippen LogP contribution in [0.3, 0.4) is 0 Å². The number of halogens is 2. The van der Waals surface area contributed by atoms with Crippen LogP contribution in [0.5, 0.6) is 17.2 Å². The van der Waals surface area contributed by atoms with E-state index in [4.69, 9.17) is 14.2 Å². The molecule has 1 aliphatic heterocycles. The van der Waals surface area contributed by atoms with Gasteiger partial charge >= 0.3 is 0 Å². The van der Waals surface area contributed by atoms with Gasteiger partial charge in [-0.1, -0.05) is 6.07 Å². The van der Waals surface area contributed by atoms with Crippen molar-refractivity contribution in [3.05, 3.63) is 53.1 Å². The number of hydrogen-bond donors (Lipinski definition) is 0. The Bertz CT molecular complexity index is 736. The minimum absolute atomic E-state index is 0.00280. The Hall–Kier alpha value is -2.30. The molecule has 0 radical (unpaired) electrons. The van der Waals surface area contributed by atoms with Crippen molar-refractivity contribution in [1.29, 1.82) is 0 Å². The summed E-state index contributed by atoms with van der Waals surface area (Å²) in [6.07, 6.45) is 0.740. The van der Waals surface area contributed by atoms with Crippen LogP contribution in [-0.4, -0.2) is 12.2 Å². The molecule has 0 amide bonds. The molecule has 0 fully saturated rings. The predicted molar refractivity (Wildman–Crippen MR) is 86.7 cm³/mol. The number of benzene rings is 2. The fourth-order valence-electron chi connectivity index (χ4n) is 2.88. The summed E-state index contributed by atoms with van der Waals surface area (Å²) >= 11 is 0. The molecule has 0 spiro atoms. The van der Waals surface area contributed by atoms with E-state index in [9.17, 15) is 8.78 Å². The first-order valence-electron chi connectivity index (χ1n) is 7.94. The molecular weight excluding hydrogens is 314 g/mol. The highest BCUT2D eigenvalue weighted by molar-refractivity contribution is 5.50. The summed E-state index contributed by atoms with van der Waals surface area (Å²) in [6.45, 7) is 6.42. The van der Waals surface area contributed by atoms with Crippen molar-refractivity contribution >= 4 is 0 Å². The second kappa shape index (κ2) is 6.30. The molecule has 3 nitrogen and oxygen atoms in total. The number of hydrogen-bond acceptors (Lipinski definition) is 3. The summed E-state index contributed by atoms with van der Waals surface area (Å²) in [7, 11) is 0. The van der Waals surface area contributed by atoms with Gasteiger partial charge in [-0.15, -0.1) is 0 Å². The Morgan fingerprint density at radius 3 is 2.50 bits per heavy atom. The molecule has 0 N–H and O–H groups in total. The maximum atomic E-state index is 13.7. The largest absolute Gasteiger partial charge is 0.494 e. The highest BCUT2D eigenvalue weighted by Gasteiger charge is 2.32. The minimum Gasteiger partial charge on any atom is -0.494 e.